The highest BCUT2D eigenvalue weighted by atomic mass is 16.5. The highest BCUT2D eigenvalue weighted by Gasteiger charge is 2.31. The molecule has 17 heteroatoms. The van der Waals surface area contributed by atoms with Crippen LogP contribution in [0.2, 0.25) is 0 Å². The Kier molecular flexibility index (Phi) is 12.2. The van der Waals surface area contributed by atoms with Crippen LogP contribution in [0.4, 0.5) is 4.79 Å². The molecule has 0 aliphatic carbocycles. The summed E-state index contributed by atoms with van der Waals surface area (Å²) in [4.78, 5) is 72.2. The maximum absolute atomic E-state index is 12.3. The van der Waals surface area contributed by atoms with E-state index in [0.29, 0.717) is 0 Å². The van der Waals surface area contributed by atoms with Gasteiger partial charge in [0.2, 0.25) is 17.7 Å². The van der Waals surface area contributed by atoms with Gasteiger partial charge in [0.15, 0.2) is 6.04 Å². The van der Waals surface area contributed by atoms with Gasteiger partial charge in [-0.15, -0.1) is 0 Å². The molecule has 0 bridgehead atoms. The van der Waals surface area contributed by atoms with Gasteiger partial charge in [0.05, 0.1) is 32.5 Å². The Bertz CT molecular complexity index is 763. The van der Waals surface area contributed by atoms with Crippen LogP contribution in [0.15, 0.2) is 0 Å². The molecule has 34 heavy (non-hydrogen) atoms. The van der Waals surface area contributed by atoms with Crippen LogP contribution < -0.4 is 37.9 Å². The number of urea groups is 1. The molecule has 7 amide bonds. The van der Waals surface area contributed by atoms with E-state index in [2.05, 4.69) is 16.0 Å². The maximum Gasteiger partial charge on any atom is 0.316 e. The third-order valence-corrected chi connectivity index (χ3v) is 4.17. The molecule has 0 aromatic carbocycles. The number of hydrogen-bond acceptors (Lipinski definition) is 10. The number of amides is 7. The van der Waals surface area contributed by atoms with Crippen molar-refractivity contribution in [3.63, 3.8) is 0 Å². The topological polar surface area (TPSA) is 260 Å². The predicted octanol–water partition coefficient (Wildman–Crippen LogP) is -6.32. The van der Waals surface area contributed by atoms with E-state index in [1.54, 1.807) is 0 Å². The number of nitrogens with two attached hydrogens (primary N) is 1. The molecule has 0 unspecified atom stereocenters. The average molecular weight is 491 g/mol. The van der Waals surface area contributed by atoms with E-state index in [4.69, 9.17) is 15.2 Å². The Hall–Kier alpha value is -3.54. The van der Waals surface area contributed by atoms with Crippen LogP contribution in [-0.4, -0.2) is 110 Å². The predicted molar refractivity (Wildman–Crippen MR) is 110 cm³/mol. The monoisotopic (exact) mass is 491 g/mol. The molecule has 17 nitrogen and oxygen atoms in total. The minimum Gasteiger partial charge on any atom is -0.394 e. The minimum absolute atomic E-state index is 0.0000560. The first-order chi connectivity index (χ1) is 16.1. The number of primary amides is 1. The molecule has 0 aromatic rings. The van der Waals surface area contributed by atoms with E-state index >= 15 is 0 Å². The van der Waals surface area contributed by atoms with Gasteiger partial charge in [-0.1, -0.05) is 0 Å². The minimum atomic E-state index is -2.00. The Morgan fingerprint density at radius 3 is 2.26 bits per heavy atom. The van der Waals surface area contributed by atoms with Gasteiger partial charge in [0.1, 0.15) is 18.7 Å². The van der Waals surface area contributed by atoms with E-state index in [1.165, 1.54) is 6.92 Å². The summed E-state index contributed by atoms with van der Waals surface area (Å²) in [5, 5.41) is 27.7. The van der Waals surface area contributed by atoms with Crippen molar-refractivity contribution in [1.82, 2.24) is 32.1 Å². The molecule has 1 saturated heterocycles. The smallest absolute Gasteiger partial charge is 0.316 e. The quantitative estimate of drug-likeness (QED) is 0.169. The fraction of sp³-hybridized carbons (Fsp3) is 0.647. The van der Waals surface area contributed by atoms with Crippen molar-refractivity contribution in [2.24, 2.45) is 5.73 Å². The summed E-state index contributed by atoms with van der Waals surface area (Å²) in [5.41, 5.74) is 8.78. The van der Waals surface area contributed by atoms with Crippen molar-refractivity contribution < 1.29 is 48.5 Å². The fourth-order valence-electron chi connectivity index (χ4n) is 2.44. The van der Waals surface area contributed by atoms with Crippen LogP contribution in [0.5, 0.6) is 0 Å². The molecular weight excluding hydrogens is 462 g/mol. The summed E-state index contributed by atoms with van der Waals surface area (Å²) < 4.78 is 10.3. The third kappa shape index (κ3) is 9.94. The normalized spacial score (nSPS) is 25.7. The second-order valence-electron chi connectivity index (χ2n) is 6.91. The lowest BCUT2D eigenvalue weighted by Crippen LogP contribution is -2.63. The standard InChI is InChI=1S/C17H29N7O10/c1-8(26)11-15(30)19-2-3-33-4-5-34-7-10(27)20-9(6-25)14(29)23-24-16(31)12(13(18)28)22-17(32)21-11/h8-9,11-12,25-26H,2-7H2,1H3,(H2,18,28)(H,19,30)(H,20,27)(H,23,29)(H,24,31)(H2,21,22,32)/t8-,9-,11+,12+/m1/s1. The molecule has 0 saturated carbocycles. The van der Waals surface area contributed by atoms with Crippen LogP contribution in [0.25, 0.3) is 0 Å². The Balaban J connectivity index is 2.96. The van der Waals surface area contributed by atoms with Crippen LogP contribution in [0.3, 0.4) is 0 Å². The largest absolute Gasteiger partial charge is 0.394 e. The van der Waals surface area contributed by atoms with Gasteiger partial charge in [-0.05, 0) is 6.92 Å². The molecule has 1 aliphatic rings. The molecule has 10 N–H and O–H groups in total. The Morgan fingerprint density at radius 1 is 1.00 bits per heavy atom. The van der Waals surface area contributed by atoms with Crippen molar-refractivity contribution >= 4 is 35.6 Å². The average Bonchev–Trinajstić information content (AvgIpc) is 2.78. The van der Waals surface area contributed by atoms with E-state index < -0.39 is 73.0 Å². The van der Waals surface area contributed by atoms with Crippen molar-refractivity contribution in [3.05, 3.63) is 0 Å². The summed E-state index contributed by atoms with van der Waals surface area (Å²) in [6.45, 7) is 0.0291. The molecular formula is C17H29N7O10. The van der Waals surface area contributed by atoms with Gasteiger partial charge in [-0.2, -0.15) is 0 Å². The molecule has 1 heterocycles. The van der Waals surface area contributed by atoms with Gasteiger partial charge in [-0.25, -0.2) is 4.79 Å². The zero-order chi connectivity index (χ0) is 25.7. The number of aliphatic hydroxyl groups is 2. The van der Waals surface area contributed by atoms with Crippen molar-refractivity contribution in [2.45, 2.75) is 31.2 Å². The number of nitrogens with one attached hydrogen (secondary N) is 6. The number of aliphatic hydroxyl groups excluding tert-OH is 2. The van der Waals surface area contributed by atoms with Crippen molar-refractivity contribution in [3.8, 4) is 0 Å². The number of rotatable bonds is 3. The summed E-state index contributed by atoms with van der Waals surface area (Å²) in [7, 11) is 0. The summed E-state index contributed by atoms with van der Waals surface area (Å²) >= 11 is 0. The second-order valence-corrected chi connectivity index (χ2v) is 6.91. The van der Waals surface area contributed by atoms with E-state index in [0.717, 1.165) is 0 Å². The molecule has 1 rings (SSSR count). The SMILES string of the molecule is C[C@@H](O)[C@@H]1NC(=O)N[C@@H](C(N)=O)C(=O)NNC(=O)[C@@H](CO)NC(=O)COCCOCCNC1=O. The lowest BCUT2D eigenvalue weighted by Gasteiger charge is -2.23. The molecule has 0 aromatic heterocycles. The second kappa shape index (κ2) is 14.6. The molecule has 1 aliphatic heterocycles. The first-order valence-corrected chi connectivity index (χ1v) is 10.0. The lowest BCUT2D eigenvalue weighted by atomic mass is 10.1. The van der Waals surface area contributed by atoms with E-state index in [1.807, 2.05) is 16.2 Å². The summed E-state index contributed by atoms with van der Waals surface area (Å²) in [6, 6.07) is -6.15. The van der Waals surface area contributed by atoms with Gasteiger partial charge in [0.25, 0.3) is 11.8 Å². The third-order valence-electron chi connectivity index (χ3n) is 4.17. The molecule has 4 atom stereocenters. The number of carbonyl (C=O) groups excluding carboxylic acids is 6. The maximum atomic E-state index is 12.3. The summed E-state index contributed by atoms with van der Waals surface area (Å²) in [5.74, 6) is -5.19. The molecule has 1 fully saturated rings. The fourth-order valence-corrected chi connectivity index (χ4v) is 2.44. The molecule has 0 radical (unpaired) electrons. The molecule has 0 spiro atoms. The van der Waals surface area contributed by atoms with Crippen LogP contribution in [-0.2, 0) is 33.4 Å². The first-order valence-electron chi connectivity index (χ1n) is 10.0. The highest BCUT2D eigenvalue weighted by Crippen LogP contribution is 1.95. The Labute approximate surface area is 193 Å². The zero-order valence-electron chi connectivity index (χ0n) is 18.3. The number of carbonyl (C=O) groups is 6. The number of ether oxygens (including phenoxy) is 2. The van der Waals surface area contributed by atoms with Gasteiger partial charge >= 0.3 is 6.03 Å². The van der Waals surface area contributed by atoms with Gasteiger partial charge < -0.3 is 46.7 Å². The van der Waals surface area contributed by atoms with Crippen LogP contribution >= 0.6 is 0 Å². The van der Waals surface area contributed by atoms with Crippen molar-refractivity contribution in [1.29, 1.82) is 0 Å². The van der Waals surface area contributed by atoms with E-state index in [-0.39, 0.29) is 26.4 Å². The van der Waals surface area contributed by atoms with Crippen molar-refractivity contribution in [2.75, 3.05) is 39.6 Å². The number of hydrazine groups is 1. The van der Waals surface area contributed by atoms with Crippen LogP contribution in [0.1, 0.15) is 6.92 Å². The Morgan fingerprint density at radius 2 is 1.65 bits per heavy atom. The first kappa shape index (κ1) is 28.5. The van der Waals surface area contributed by atoms with Gasteiger partial charge in [0, 0.05) is 6.54 Å². The number of hydrogen-bond donors (Lipinski definition) is 9. The van der Waals surface area contributed by atoms with Gasteiger partial charge in [-0.3, -0.25) is 34.8 Å². The van der Waals surface area contributed by atoms with E-state index in [9.17, 15) is 39.0 Å². The van der Waals surface area contributed by atoms with Crippen LogP contribution in [0, 0.1) is 0 Å². The summed E-state index contributed by atoms with van der Waals surface area (Å²) in [6.07, 6.45) is -1.36. The zero-order valence-corrected chi connectivity index (χ0v) is 18.3. The molecule has 192 valence electrons. The lowest BCUT2D eigenvalue weighted by molar-refractivity contribution is -0.136. The highest BCUT2D eigenvalue weighted by molar-refractivity contribution is 6.06.